The van der Waals surface area contributed by atoms with Crippen molar-refractivity contribution in [3.05, 3.63) is 59.7 Å². The highest BCUT2D eigenvalue weighted by Crippen LogP contribution is 2.26. The summed E-state index contributed by atoms with van der Waals surface area (Å²) in [5, 5.41) is 0. The van der Waals surface area contributed by atoms with E-state index in [9.17, 15) is 21.6 Å². The normalized spacial score (nSPS) is 13.7. The number of hydrogen-bond acceptors (Lipinski definition) is 3. The predicted molar refractivity (Wildman–Crippen MR) is 85.9 cm³/mol. The van der Waals surface area contributed by atoms with E-state index in [2.05, 4.69) is 0 Å². The van der Waals surface area contributed by atoms with Crippen LogP contribution in [0.3, 0.4) is 0 Å². The van der Waals surface area contributed by atoms with Gasteiger partial charge in [0, 0.05) is 5.69 Å². The predicted octanol–water partition coefficient (Wildman–Crippen LogP) is 3.03. The Morgan fingerprint density at radius 3 is 2.33 bits per heavy atom. The molecule has 0 fully saturated rings. The van der Waals surface area contributed by atoms with Crippen LogP contribution in [0.2, 0.25) is 0 Å². The minimum absolute atomic E-state index is 0.160. The van der Waals surface area contributed by atoms with Gasteiger partial charge in [0.15, 0.2) is 0 Å². The van der Waals surface area contributed by atoms with Crippen LogP contribution in [-0.4, -0.2) is 20.6 Å². The lowest BCUT2D eigenvalue weighted by atomic mass is 10.1. The molecule has 8 heteroatoms. The van der Waals surface area contributed by atoms with E-state index in [1.807, 2.05) is 0 Å². The molecule has 0 amide bonds. The molecule has 0 spiro atoms. The quantitative estimate of drug-likeness (QED) is 0.807. The van der Waals surface area contributed by atoms with Crippen molar-refractivity contribution in [1.29, 1.82) is 0 Å². The summed E-state index contributed by atoms with van der Waals surface area (Å²) in [5.74, 6) is 0. The molecule has 24 heavy (non-hydrogen) atoms. The molecular weight excluding hydrogens is 341 g/mol. The maximum Gasteiger partial charge on any atom is 0.405 e. The van der Waals surface area contributed by atoms with Crippen molar-refractivity contribution in [3.8, 4) is 0 Å². The van der Waals surface area contributed by atoms with Gasteiger partial charge in [0.1, 0.15) is 6.04 Å². The summed E-state index contributed by atoms with van der Waals surface area (Å²) in [6.07, 6.45) is -5.22. The summed E-state index contributed by atoms with van der Waals surface area (Å²) in [4.78, 5) is -0.259. The molecular formula is C16H17F3N2O2S. The molecule has 0 saturated carbocycles. The molecule has 1 unspecified atom stereocenters. The van der Waals surface area contributed by atoms with E-state index in [0.29, 0.717) is 11.1 Å². The Morgan fingerprint density at radius 1 is 1.12 bits per heavy atom. The van der Waals surface area contributed by atoms with Gasteiger partial charge in [-0.1, -0.05) is 36.4 Å². The van der Waals surface area contributed by atoms with Crippen molar-refractivity contribution >= 4 is 15.7 Å². The largest absolute Gasteiger partial charge is 0.405 e. The van der Waals surface area contributed by atoms with Gasteiger partial charge in [0.25, 0.3) is 0 Å². The van der Waals surface area contributed by atoms with E-state index in [-0.39, 0.29) is 10.6 Å². The molecule has 2 rings (SSSR count). The van der Waals surface area contributed by atoms with E-state index in [1.54, 1.807) is 22.9 Å². The van der Waals surface area contributed by atoms with E-state index in [0.717, 1.165) is 6.07 Å². The zero-order chi connectivity index (χ0) is 18.0. The lowest BCUT2D eigenvalue weighted by molar-refractivity contribution is -0.150. The van der Waals surface area contributed by atoms with Gasteiger partial charge < -0.3 is 5.73 Å². The van der Waals surface area contributed by atoms with Gasteiger partial charge in [0.05, 0.1) is 4.90 Å². The lowest BCUT2D eigenvalue weighted by Crippen LogP contribution is -2.46. The van der Waals surface area contributed by atoms with Crippen LogP contribution in [-0.2, 0) is 16.4 Å². The number of aryl methyl sites for hydroxylation is 1. The van der Waals surface area contributed by atoms with Crippen LogP contribution in [0, 0.1) is 6.92 Å². The summed E-state index contributed by atoms with van der Waals surface area (Å²) in [6, 6.07) is 9.74. The third-order valence-electron chi connectivity index (χ3n) is 3.48. The van der Waals surface area contributed by atoms with Crippen LogP contribution in [0.4, 0.5) is 18.9 Å². The van der Waals surface area contributed by atoms with Gasteiger partial charge in [-0.05, 0) is 36.6 Å². The maximum absolute atomic E-state index is 13.3. The van der Waals surface area contributed by atoms with Crippen molar-refractivity contribution < 1.29 is 21.6 Å². The Kier molecular flexibility index (Phi) is 5.19. The molecule has 0 heterocycles. The highest BCUT2D eigenvalue weighted by molar-refractivity contribution is 7.89. The molecule has 1 atom stereocenters. The first-order valence-electron chi connectivity index (χ1n) is 7.09. The average Bonchev–Trinajstić information content (AvgIpc) is 2.49. The Bertz CT molecular complexity index is 806. The number of nitrogens with one attached hydrogen (secondary N) is 1. The minimum Gasteiger partial charge on any atom is -0.399 e. The molecule has 0 aromatic heterocycles. The Labute approximate surface area is 138 Å². The van der Waals surface area contributed by atoms with Gasteiger partial charge in [-0.25, -0.2) is 8.42 Å². The molecule has 4 nitrogen and oxygen atoms in total. The molecule has 130 valence electrons. The van der Waals surface area contributed by atoms with Gasteiger partial charge in [-0.3, -0.25) is 0 Å². The van der Waals surface area contributed by atoms with Crippen molar-refractivity contribution in [2.45, 2.75) is 30.5 Å². The highest BCUT2D eigenvalue weighted by atomic mass is 32.2. The van der Waals surface area contributed by atoms with Gasteiger partial charge in [0.2, 0.25) is 10.0 Å². The second kappa shape index (κ2) is 6.82. The molecule has 2 aromatic carbocycles. The standard InChI is InChI=1S/C16H17F3N2O2S/c1-11-7-8-13(20)10-14(11)24(22,23)21-15(16(17,18)19)9-12-5-3-2-4-6-12/h2-8,10,15,21H,9,20H2,1H3. The number of alkyl halides is 3. The highest BCUT2D eigenvalue weighted by Gasteiger charge is 2.42. The number of halogens is 3. The van der Waals surface area contributed by atoms with Crippen LogP contribution in [0.15, 0.2) is 53.4 Å². The number of benzene rings is 2. The SMILES string of the molecule is Cc1ccc(N)cc1S(=O)(=O)NC(Cc1ccccc1)C(F)(F)F. The van der Waals surface area contributed by atoms with E-state index in [1.165, 1.54) is 31.2 Å². The van der Waals surface area contributed by atoms with Crippen LogP contribution < -0.4 is 10.5 Å². The zero-order valence-electron chi connectivity index (χ0n) is 12.8. The molecule has 0 radical (unpaired) electrons. The van der Waals surface area contributed by atoms with Crippen LogP contribution in [0.1, 0.15) is 11.1 Å². The smallest absolute Gasteiger partial charge is 0.399 e. The second-order valence-corrected chi connectivity index (χ2v) is 7.11. The number of nitrogen functional groups attached to an aromatic ring is 1. The summed E-state index contributed by atoms with van der Waals surface area (Å²) >= 11 is 0. The third-order valence-corrected chi connectivity index (χ3v) is 5.09. The fraction of sp³-hybridized carbons (Fsp3) is 0.250. The number of anilines is 1. The van der Waals surface area contributed by atoms with Gasteiger partial charge in [-0.15, -0.1) is 0 Å². The Hall–Kier alpha value is -2.06. The maximum atomic E-state index is 13.3. The molecule has 3 N–H and O–H groups in total. The van der Waals surface area contributed by atoms with Gasteiger partial charge in [-0.2, -0.15) is 17.9 Å². The van der Waals surface area contributed by atoms with Crippen molar-refractivity contribution in [2.24, 2.45) is 0 Å². The second-order valence-electron chi connectivity index (χ2n) is 5.43. The van der Waals surface area contributed by atoms with Crippen molar-refractivity contribution in [1.82, 2.24) is 4.72 Å². The van der Waals surface area contributed by atoms with Crippen molar-refractivity contribution in [2.75, 3.05) is 5.73 Å². The number of hydrogen-bond donors (Lipinski definition) is 2. The molecule has 0 saturated heterocycles. The topological polar surface area (TPSA) is 72.2 Å². The average molecular weight is 358 g/mol. The van der Waals surface area contributed by atoms with Crippen LogP contribution in [0.25, 0.3) is 0 Å². The van der Waals surface area contributed by atoms with E-state index in [4.69, 9.17) is 5.73 Å². The summed E-state index contributed by atoms with van der Waals surface area (Å²) in [6.45, 7) is 1.49. The summed E-state index contributed by atoms with van der Waals surface area (Å²) in [5.41, 5.74) is 6.41. The summed E-state index contributed by atoms with van der Waals surface area (Å²) < 4.78 is 66.4. The third kappa shape index (κ3) is 4.48. The zero-order valence-corrected chi connectivity index (χ0v) is 13.7. The fourth-order valence-corrected chi connectivity index (χ4v) is 3.73. The first-order valence-corrected chi connectivity index (χ1v) is 8.57. The number of nitrogens with two attached hydrogens (primary N) is 1. The Balaban J connectivity index is 2.33. The monoisotopic (exact) mass is 358 g/mol. The number of rotatable bonds is 5. The molecule has 2 aromatic rings. The van der Waals surface area contributed by atoms with Gasteiger partial charge >= 0.3 is 6.18 Å². The molecule has 0 aliphatic heterocycles. The van der Waals surface area contributed by atoms with Crippen molar-refractivity contribution in [3.63, 3.8) is 0 Å². The molecule has 0 aliphatic rings. The lowest BCUT2D eigenvalue weighted by Gasteiger charge is -2.22. The first kappa shape index (κ1) is 18.3. The summed E-state index contributed by atoms with van der Waals surface area (Å²) in [7, 11) is -4.37. The first-order chi connectivity index (χ1) is 11.1. The molecule has 0 aliphatic carbocycles. The minimum atomic E-state index is -4.73. The fourth-order valence-electron chi connectivity index (χ4n) is 2.23. The van der Waals surface area contributed by atoms with Crippen LogP contribution >= 0.6 is 0 Å². The van der Waals surface area contributed by atoms with E-state index < -0.39 is 28.7 Å². The number of sulfonamides is 1. The molecule has 0 bridgehead atoms. The van der Waals surface area contributed by atoms with Crippen LogP contribution in [0.5, 0.6) is 0 Å². The van der Waals surface area contributed by atoms with E-state index >= 15 is 0 Å². The Morgan fingerprint density at radius 2 is 1.75 bits per heavy atom.